The van der Waals surface area contributed by atoms with Crippen molar-refractivity contribution in [2.24, 2.45) is 0 Å². The normalized spacial score (nSPS) is 13.1. The summed E-state index contributed by atoms with van der Waals surface area (Å²) in [5, 5.41) is 3.90. The molecule has 0 aliphatic carbocycles. The molecule has 1 aromatic heterocycles. The molecular formula is C19H17N3O2. The molecule has 3 aromatic rings. The van der Waals surface area contributed by atoms with Gasteiger partial charge in [0.25, 0.3) is 5.91 Å². The van der Waals surface area contributed by atoms with Crippen LogP contribution in [0.4, 0.5) is 11.4 Å². The lowest BCUT2D eigenvalue weighted by Crippen LogP contribution is -2.25. The minimum atomic E-state index is -0.196. The monoisotopic (exact) mass is 319 g/mol. The zero-order chi connectivity index (χ0) is 16.7. The summed E-state index contributed by atoms with van der Waals surface area (Å²) in [5.74, 6) is -0.175. The van der Waals surface area contributed by atoms with Crippen molar-refractivity contribution >= 4 is 34.1 Å². The topological polar surface area (TPSA) is 65.2 Å². The Morgan fingerprint density at radius 3 is 2.75 bits per heavy atom. The zero-order valence-corrected chi connectivity index (χ0v) is 13.3. The first kappa shape index (κ1) is 14.5. The number of rotatable bonds is 2. The number of aromatic nitrogens is 1. The second kappa shape index (κ2) is 5.53. The highest BCUT2D eigenvalue weighted by Gasteiger charge is 2.22. The van der Waals surface area contributed by atoms with Crippen LogP contribution in [0.5, 0.6) is 0 Å². The second-order valence-corrected chi connectivity index (χ2v) is 5.99. The molecule has 4 rings (SSSR count). The molecule has 0 radical (unpaired) electrons. The predicted octanol–water partition coefficient (Wildman–Crippen LogP) is 3.33. The van der Waals surface area contributed by atoms with Gasteiger partial charge in [-0.1, -0.05) is 24.3 Å². The van der Waals surface area contributed by atoms with Gasteiger partial charge in [0.1, 0.15) is 5.69 Å². The van der Waals surface area contributed by atoms with E-state index in [-0.39, 0.29) is 11.8 Å². The summed E-state index contributed by atoms with van der Waals surface area (Å²) in [6.45, 7) is 2.26. The predicted molar refractivity (Wildman–Crippen MR) is 94.4 cm³/mol. The van der Waals surface area contributed by atoms with Gasteiger partial charge >= 0.3 is 0 Å². The van der Waals surface area contributed by atoms with E-state index in [4.69, 9.17) is 0 Å². The summed E-state index contributed by atoms with van der Waals surface area (Å²) < 4.78 is 0. The summed E-state index contributed by atoms with van der Waals surface area (Å²) in [6, 6.07) is 15.3. The van der Waals surface area contributed by atoms with Crippen molar-refractivity contribution in [3.63, 3.8) is 0 Å². The molecule has 0 saturated heterocycles. The van der Waals surface area contributed by atoms with E-state index in [2.05, 4.69) is 10.3 Å². The first-order chi connectivity index (χ1) is 11.6. The number of benzene rings is 2. The third kappa shape index (κ3) is 2.44. The summed E-state index contributed by atoms with van der Waals surface area (Å²) in [4.78, 5) is 29.0. The van der Waals surface area contributed by atoms with E-state index >= 15 is 0 Å². The average molecular weight is 319 g/mol. The van der Waals surface area contributed by atoms with Crippen LogP contribution in [-0.2, 0) is 11.2 Å². The molecule has 120 valence electrons. The van der Waals surface area contributed by atoms with Gasteiger partial charge in [-0.25, -0.2) is 0 Å². The number of para-hydroxylation sites is 1. The molecule has 24 heavy (non-hydrogen) atoms. The van der Waals surface area contributed by atoms with Crippen LogP contribution in [0.3, 0.4) is 0 Å². The average Bonchev–Trinajstić information content (AvgIpc) is 3.18. The molecule has 0 atom stereocenters. The number of H-pyrrole nitrogens is 1. The molecular weight excluding hydrogens is 302 g/mol. The maximum atomic E-state index is 12.5. The quantitative estimate of drug-likeness (QED) is 0.761. The highest BCUT2D eigenvalue weighted by Crippen LogP contribution is 2.31. The third-order valence-electron chi connectivity index (χ3n) is 4.39. The third-order valence-corrected chi connectivity index (χ3v) is 4.39. The van der Waals surface area contributed by atoms with E-state index in [9.17, 15) is 9.59 Å². The number of fused-ring (bicyclic) bond motifs is 2. The van der Waals surface area contributed by atoms with Crippen LogP contribution in [0.1, 0.15) is 23.0 Å². The summed E-state index contributed by atoms with van der Waals surface area (Å²) >= 11 is 0. The molecule has 0 bridgehead atoms. The lowest BCUT2D eigenvalue weighted by atomic mass is 10.1. The highest BCUT2D eigenvalue weighted by molar-refractivity contribution is 6.06. The lowest BCUT2D eigenvalue weighted by molar-refractivity contribution is -0.116. The van der Waals surface area contributed by atoms with Gasteiger partial charge in [-0.2, -0.15) is 0 Å². The number of hydrogen-bond acceptors (Lipinski definition) is 2. The van der Waals surface area contributed by atoms with E-state index in [1.54, 1.807) is 11.8 Å². The molecule has 5 heteroatoms. The molecule has 2 aromatic carbocycles. The minimum absolute atomic E-state index is 0.0212. The molecule has 2 heterocycles. The number of amides is 2. The van der Waals surface area contributed by atoms with Gasteiger partial charge in [-0.05, 0) is 36.2 Å². The van der Waals surface area contributed by atoms with Gasteiger partial charge in [0, 0.05) is 35.7 Å². The fourth-order valence-corrected chi connectivity index (χ4v) is 3.18. The van der Waals surface area contributed by atoms with E-state index in [0.717, 1.165) is 28.6 Å². The lowest BCUT2D eigenvalue weighted by Gasteiger charge is -2.15. The first-order valence-electron chi connectivity index (χ1n) is 7.92. The number of carbonyl (C=O) groups excluding carboxylic acids is 2. The van der Waals surface area contributed by atoms with E-state index in [0.29, 0.717) is 17.9 Å². The van der Waals surface area contributed by atoms with Crippen molar-refractivity contribution in [3.05, 3.63) is 59.8 Å². The Morgan fingerprint density at radius 2 is 1.96 bits per heavy atom. The van der Waals surface area contributed by atoms with Crippen LogP contribution in [0, 0.1) is 0 Å². The Labute approximate surface area is 139 Å². The molecule has 0 saturated carbocycles. The van der Waals surface area contributed by atoms with Crippen molar-refractivity contribution in [3.8, 4) is 0 Å². The Hall–Kier alpha value is -3.08. The number of anilines is 2. The SMILES string of the molecule is CC(=O)N1CCc2ccc(NC(=O)c3cc4ccccc4[nH]3)cc21. The molecule has 0 unspecified atom stereocenters. The number of nitrogens with one attached hydrogen (secondary N) is 2. The molecule has 1 aliphatic rings. The van der Waals surface area contributed by atoms with Gasteiger partial charge in [-0.15, -0.1) is 0 Å². The highest BCUT2D eigenvalue weighted by atomic mass is 16.2. The fourth-order valence-electron chi connectivity index (χ4n) is 3.18. The maximum absolute atomic E-state index is 12.5. The van der Waals surface area contributed by atoms with Crippen molar-refractivity contribution in [1.29, 1.82) is 0 Å². The molecule has 2 N–H and O–H groups in total. The maximum Gasteiger partial charge on any atom is 0.272 e. The van der Waals surface area contributed by atoms with Gasteiger partial charge in [-0.3, -0.25) is 9.59 Å². The van der Waals surface area contributed by atoms with Crippen molar-refractivity contribution in [2.45, 2.75) is 13.3 Å². The molecule has 0 fully saturated rings. The van der Waals surface area contributed by atoms with Crippen LogP contribution < -0.4 is 10.2 Å². The summed E-state index contributed by atoms with van der Waals surface area (Å²) in [5.41, 5.74) is 4.15. The van der Waals surface area contributed by atoms with E-state index in [1.807, 2.05) is 48.5 Å². The van der Waals surface area contributed by atoms with Crippen LogP contribution in [0.15, 0.2) is 48.5 Å². The Kier molecular flexibility index (Phi) is 3.34. The summed E-state index contributed by atoms with van der Waals surface area (Å²) in [6.07, 6.45) is 0.852. The zero-order valence-electron chi connectivity index (χ0n) is 13.3. The van der Waals surface area contributed by atoms with Crippen molar-refractivity contribution in [2.75, 3.05) is 16.8 Å². The van der Waals surface area contributed by atoms with E-state index < -0.39 is 0 Å². The Balaban J connectivity index is 1.60. The molecule has 2 amide bonds. The largest absolute Gasteiger partial charge is 0.351 e. The van der Waals surface area contributed by atoms with Gasteiger partial charge in [0.05, 0.1) is 0 Å². The number of carbonyl (C=O) groups is 2. The summed E-state index contributed by atoms with van der Waals surface area (Å²) in [7, 11) is 0. The standard InChI is InChI=1S/C19H17N3O2/c1-12(23)22-9-8-13-6-7-15(11-18(13)22)20-19(24)17-10-14-4-2-3-5-16(14)21-17/h2-7,10-11,21H,8-9H2,1H3,(H,20,24). The molecule has 5 nitrogen and oxygen atoms in total. The van der Waals surface area contributed by atoms with Crippen molar-refractivity contribution < 1.29 is 9.59 Å². The number of hydrogen-bond donors (Lipinski definition) is 2. The fraction of sp³-hybridized carbons (Fsp3) is 0.158. The van der Waals surface area contributed by atoms with Crippen molar-refractivity contribution in [1.82, 2.24) is 4.98 Å². The number of aromatic amines is 1. The van der Waals surface area contributed by atoms with Crippen LogP contribution in [-0.4, -0.2) is 23.3 Å². The van der Waals surface area contributed by atoms with Crippen LogP contribution >= 0.6 is 0 Å². The van der Waals surface area contributed by atoms with Gasteiger partial charge < -0.3 is 15.2 Å². The molecule has 1 aliphatic heterocycles. The molecule has 0 spiro atoms. The van der Waals surface area contributed by atoms with Gasteiger partial charge in [0.15, 0.2) is 0 Å². The smallest absolute Gasteiger partial charge is 0.272 e. The van der Waals surface area contributed by atoms with Gasteiger partial charge in [0.2, 0.25) is 5.91 Å². The van der Waals surface area contributed by atoms with Crippen LogP contribution in [0.25, 0.3) is 10.9 Å². The van der Waals surface area contributed by atoms with Crippen LogP contribution in [0.2, 0.25) is 0 Å². The Morgan fingerprint density at radius 1 is 1.12 bits per heavy atom. The second-order valence-electron chi connectivity index (χ2n) is 5.99. The Bertz CT molecular complexity index is 925. The minimum Gasteiger partial charge on any atom is -0.351 e. The number of nitrogens with zero attached hydrogens (tertiary/aromatic N) is 1. The van der Waals surface area contributed by atoms with E-state index in [1.165, 1.54) is 0 Å². The first-order valence-corrected chi connectivity index (χ1v) is 7.92.